The van der Waals surface area contributed by atoms with Crippen LogP contribution in [0, 0.1) is 0 Å². The third kappa shape index (κ3) is 3.44. The molecule has 84 valence electrons. The quantitative estimate of drug-likeness (QED) is 0.737. The van der Waals surface area contributed by atoms with Crippen molar-refractivity contribution in [2.45, 2.75) is 6.42 Å². The highest BCUT2D eigenvalue weighted by Gasteiger charge is 2.01. The van der Waals surface area contributed by atoms with Crippen LogP contribution in [0.2, 0.25) is 0 Å². The second-order valence-electron chi connectivity index (χ2n) is 3.27. The molecule has 0 fully saturated rings. The molecule has 0 spiro atoms. The number of aromatic nitrogens is 2. The van der Waals surface area contributed by atoms with Crippen LogP contribution >= 0.6 is 0 Å². The van der Waals surface area contributed by atoms with E-state index in [1.54, 1.807) is 18.3 Å². The topological polar surface area (TPSA) is 37.8 Å². The lowest BCUT2D eigenvalue weighted by atomic mass is 10.1. The minimum absolute atomic E-state index is 0.822. The van der Waals surface area contributed by atoms with Gasteiger partial charge in [-0.25, -0.2) is 9.97 Å². The largest absolute Gasteiger partial charge is 0.319 e. The molecule has 0 unspecified atom stereocenters. The maximum atomic E-state index is 4.46. The molecule has 0 radical (unpaired) electrons. The SMILES string of the molecule is C=C/C=C(\C=C)c1ccnc(CCNC)n1. The molecule has 0 amide bonds. The van der Waals surface area contributed by atoms with E-state index in [2.05, 4.69) is 28.4 Å². The minimum atomic E-state index is 0.822. The maximum Gasteiger partial charge on any atom is 0.130 e. The molecule has 16 heavy (non-hydrogen) atoms. The Balaban J connectivity index is 2.92. The predicted molar refractivity (Wildman–Crippen MR) is 68.0 cm³/mol. The number of allylic oxidation sites excluding steroid dienone is 4. The summed E-state index contributed by atoms with van der Waals surface area (Å²) < 4.78 is 0. The van der Waals surface area contributed by atoms with Crippen molar-refractivity contribution < 1.29 is 0 Å². The molecule has 1 aromatic rings. The average Bonchev–Trinajstić information content (AvgIpc) is 2.33. The first-order valence-corrected chi connectivity index (χ1v) is 5.24. The molecule has 0 aromatic carbocycles. The van der Waals surface area contributed by atoms with E-state index in [4.69, 9.17) is 0 Å². The van der Waals surface area contributed by atoms with E-state index in [1.807, 2.05) is 19.2 Å². The summed E-state index contributed by atoms with van der Waals surface area (Å²) in [6.45, 7) is 8.30. The molecule has 1 rings (SSSR count). The number of hydrogen-bond donors (Lipinski definition) is 1. The molecule has 0 saturated carbocycles. The monoisotopic (exact) mass is 215 g/mol. The van der Waals surface area contributed by atoms with E-state index in [0.29, 0.717) is 0 Å². The van der Waals surface area contributed by atoms with Crippen molar-refractivity contribution in [3.05, 3.63) is 55.2 Å². The van der Waals surface area contributed by atoms with E-state index in [9.17, 15) is 0 Å². The van der Waals surface area contributed by atoms with Crippen molar-refractivity contribution in [2.24, 2.45) is 0 Å². The number of nitrogens with one attached hydrogen (secondary N) is 1. The average molecular weight is 215 g/mol. The highest BCUT2D eigenvalue weighted by molar-refractivity contribution is 5.72. The van der Waals surface area contributed by atoms with E-state index < -0.39 is 0 Å². The van der Waals surface area contributed by atoms with Crippen LogP contribution in [0.1, 0.15) is 11.5 Å². The molecular formula is C13H17N3. The maximum absolute atomic E-state index is 4.46. The Hall–Kier alpha value is -1.74. The van der Waals surface area contributed by atoms with Gasteiger partial charge in [0.05, 0.1) is 5.69 Å². The first-order valence-electron chi connectivity index (χ1n) is 5.24. The Kier molecular flexibility index (Phi) is 5.16. The summed E-state index contributed by atoms with van der Waals surface area (Å²) in [4.78, 5) is 8.68. The molecular weight excluding hydrogens is 198 g/mol. The normalized spacial score (nSPS) is 11.2. The highest BCUT2D eigenvalue weighted by atomic mass is 14.9. The van der Waals surface area contributed by atoms with Crippen molar-refractivity contribution in [1.82, 2.24) is 15.3 Å². The summed E-state index contributed by atoms with van der Waals surface area (Å²) in [7, 11) is 1.91. The Morgan fingerprint density at radius 2 is 2.31 bits per heavy atom. The molecule has 1 N–H and O–H groups in total. The summed E-state index contributed by atoms with van der Waals surface area (Å²) in [5.74, 6) is 0.837. The lowest BCUT2D eigenvalue weighted by Gasteiger charge is -2.03. The molecule has 0 aliphatic rings. The number of hydrogen-bond acceptors (Lipinski definition) is 3. The fraction of sp³-hybridized carbons (Fsp3) is 0.231. The summed E-state index contributed by atoms with van der Waals surface area (Å²) in [5, 5.41) is 3.07. The van der Waals surface area contributed by atoms with Crippen LogP contribution in [-0.4, -0.2) is 23.6 Å². The highest BCUT2D eigenvalue weighted by Crippen LogP contribution is 2.12. The third-order valence-corrected chi connectivity index (χ3v) is 2.12. The van der Waals surface area contributed by atoms with Gasteiger partial charge in [0, 0.05) is 19.2 Å². The van der Waals surface area contributed by atoms with E-state index in [-0.39, 0.29) is 0 Å². The number of rotatable bonds is 6. The van der Waals surface area contributed by atoms with Crippen LogP contribution in [0.15, 0.2) is 43.6 Å². The molecule has 1 heterocycles. The number of likely N-dealkylation sites (N-methyl/N-ethyl adjacent to an activating group) is 1. The second-order valence-corrected chi connectivity index (χ2v) is 3.27. The van der Waals surface area contributed by atoms with Gasteiger partial charge in [-0.3, -0.25) is 0 Å². The van der Waals surface area contributed by atoms with Gasteiger partial charge in [0.1, 0.15) is 5.82 Å². The van der Waals surface area contributed by atoms with Crippen molar-refractivity contribution in [2.75, 3.05) is 13.6 Å². The van der Waals surface area contributed by atoms with Crippen molar-refractivity contribution in [3.8, 4) is 0 Å². The molecule has 3 nitrogen and oxygen atoms in total. The summed E-state index contributed by atoms with van der Waals surface area (Å²) in [6, 6.07) is 1.87. The van der Waals surface area contributed by atoms with Crippen LogP contribution in [0.5, 0.6) is 0 Å². The summed E-state index contributed by atoms with van der Waals surface area (Å²) >= 11 is 0. The molecule has 0 bridgehead atoms. The van der Waals surface area contributed by atoms with Gasteiger partial charge < -0.3 is 5.32 Å². The van der Waals surface area contributed by atoms with Gasteiger partial charge in [0.2, 0.25) is 0 Å². The fourth-order valence-corrected chi connectivity index (χ4v) is 1.30. The Bertz CT molecular complexity index is 394. The summed E-state index contributed by atoms with van der Waals surface area (Å²) in [5.41, 5.74) is 1.85. The lowest BCUT2D eigenvalue weighted by Crippen LogP contribution is -2.12. The van der Waals surface area contributed by atoms with Crippen LogP contribution in [-0.2, 0) is 6.42 Å². The van der Waals surface area contributed by atoms with Crippen LogP contribution in [0.3, 0.4) is 0 Å². The Morgan fingerprint density at radius 1 is 1.50 bits per heavy atom. The second kappa shape index (κ2) is 6.69. The first-order chi connectivity index (χ1) is 7.81. The lowest BCUT2D eigenvalue weighted by molar-refractivity contribution is 0.754. The van der Waals surface area contributed by atoms with Gasteiger partial charge >= 0.3 is 0 Å². The van der Waals surface area contributed by atoms with Gasteiger partial charge in [-0.1, -0.05) is 31.4 Å². The predicted octanol–water partition coefficient (Wildman–Crippen LogP) is 1.99. The zero-order valence-electron chi connectivity index (χ0n) is 9.61. The van der Waals surface area contributed by atoms with E-state index in [0.717, 1.165) is 30.1 Å². The minimum Gasteiger partial charge on any atom is -0.319 e. The zero-order valence-corrected chi connectivity index (χ0v) is 9.61. The van der Waals surface area contributed by atoms with Crippen LogP contribution in [0.25, 0.3) is 5.57 Å². The molecule has 3 heteroatoms. The van der Waals surface area contributed by atoms with Crippen molar-refractivity contribution in [3.63, 3.8) is 0 Å². The molecule has 1 aromatic heterocycles. The standard InChI is InChI=1S/C13H17N3/c1-4-6-11(5-2)12-7-10-15-13(16-12)8-9-14-3/h4-7,10,14H,1-2,8-9H2,3H3/b11-6+. The van der Waals surface area contributed by atoms with Crippen molar-refractivity contribution in [1.29, 1.82) is 0 Å². The van der Waals surface area contributed by atoms with Gasteiger partial charge in [-0.15, -0.1) is 0 Å². The zero-order chi connectivity index (χ0) is 11.8. The van der Waals surface area contributed by atoms with E-state index in [1.165, 1.54) is 0 Å². The van der Waals surface area contributed by atoms with Gasteiger partial charge in [0.25, 0.3) is 0 Å². The van der Waals surface area contributed by atoms with Gasteiger partial charge in [-0.2, -0.15) is 0 Å². The first kappa shape index (κ1) is 12.3. The molecule has 0 aliphatic carbocycles. The molecule has 0 aliphatic heterocycles. The molecule has 0 saturated heterocycles. The van der Waals surface area contributed by atoms with Gasteiger partial charge in [0.15, 0.2) is 0 Å². The van der Waals surface area contributed by atoms with Crippen molar-refractivity contribution >= 4 is 5.57 Å². The third-order valence-electron chi connectivity index (χ3n) is 2.12. The van der Waals surface area contributed by atoms with Gasteiger partial charge in [-0.05, 0) is 18.7 Å². The smallest absolute Gasteiger partial charge is 0.130 e. The van der Waals surface area contributed by atoms with Crippen LogP contribution in [0.4, 0.5) is 0 Å². The number of nitrogens with zero attached hydrogens (tertiary/aromatic N) is 2. The van der Waals surface area contributed by atoms with E-state index >= 15 is 0 Å². The Labute approximate surface area is 96.6 Å². The summed E-state index contributed by atoms with van der Waals surface area (Å²) in [6.07, 6.45) is 7.98. The Morgan fingerprint density at radius 3 is 2.94 bits per heavy atom. The fourth-order valence-electron chi connectivity index (χ4n) is 1.30. The molecule has 0 atom stereocenters. The van der Waals surface area contributed by atoms with Crippen LogP contribution < -0.4 is 5.32 Å².